The zero-order chi connectivity index (χ0) is 20.5. The van der Waals surface area contributed by atoms with E-state index in [1.165, 1.54) is 11.3 Å². The minimum Gasteiger partial charge on any atom is -0.349 e. The summed E-state index contributed by atoms with van der Waals surface area (Å²) in [4.78, 5) is 42.7. The van der Waals surface area contributed by atoms with Crippen molar-refractivity contribution in [3.8, 4) is 10.6 Å². The Balaban J connectivity index is 1.39. The fourth-order valence-electron chi connectivity index (χ4n) is 3.12. The molecule has 0 saturated carbocycles. The summed E-state index contributed by atoms with van der Waals surface area (Å²) in [6, 6.07) is 12.9. The van der Waals surface area contributed by atoms with Gasteiger partial charge in [0.05, 0.1) is 23.4 Å². The van der Waals surface area contributed by atoms with Crippen LogP contribution in [0.3, 0.4) is 0 Å². The van der Waals surface area contributed by atoms with Crippen LogP contribution in [0, 0.1) is 6.92 Å². The summed E-state index contributed by atoms with van der Waals surface area (Å²) >= 11 is 4.80. The molecule has 0 radical (unpaired) electrons. The number of imide groups is 1. The molecule has 2 aromatic carbocycles. The number of fused-ring (bicyclic) bond motifs is 1. The largest absolute Gasteiger partial charge is 0.349 e. The fourth-order valence-corrected chi connectivity index (χ4v) is 4.39. The standard InChI is InChI=1S/C21H16BrN3O3S/c1-12-4-2-3-5-15(12)19-24-14(11-29-19)9-23-18(26)10-25-20(27)16-7-6-13(22)8-17(16)21(25)28/h2-8,11H,9-10H2,1H3,(H,23,26). The third-order valence-corrected chi connectivity index (χ3v) is 6.05. The molecular weight excluding hydrogens is 454 g/mol. The smallest absolute Gasteiger partial charge is 0.262 e. The van der Waals surface area contributed by atoms with Crippen LogP contribution in [0.5, 0.6) is 0 Å². The van der Waals surface area contributed by atoms with Gasteiger partial charge in [-0.2, -0.15) is 0 Å². The van der Waals surface area contributed by atoms with E-state index >= 15 is 0 Å². The molecule has 8 heteroatoms. The number of hydrogen-bond donors (Lipinski definition) is 1. The molecule has 1 aliphatic heterocycles. The number of carbonyl (C=O) groups is 3. The number of rotatable bonds is 5. The first kappa shape index (κ1) is 19.5. The monoisotopic (exact) mass is 469 g/mol. The molecule has 0 unspecified atom stereocenters. The van der Waals surface area contributed by atoms with Gasteiger partial charge in [-0.15, -0.1) is 11.3 Å². The Morgan fingerprint density at radius 1 is 1.10 bits per heavy atom. The fraction of sp³-hybridized carbons (Fsp3) is 0.143. The molecule has 0 saturated heterocycles. The Kier molecular flexibility index (Phi) is 5.29. The lowest BCUT2D eigenvalue weighted by Gasteiger charge is -2.13. The van der Waals surface area contributed by atoms with E-state index in [1.54, 1.807) is 18.2 Å². The van der Waals surface area contributed by atoms with Crippen LogP contribution in [0.25, 0.3) is 10.6 Å². The molecular formula is C21H16BrN3O3S. The molecule has 3 aromatic rings. The molecule has 0 atom stereocenters. The first-order chi connectivity index (χ1) is 13.9. The summed E-state index contributed by atoms with van der Waals surface area (Å²) in [5.74, 6) is -1.33. The maximum Gasteiger partial charge on any atom is 0.262 e. The number of nitrogens with zero attached hydrogens (tertiary/aromatic N) is 2. The summed E-state index contributed by atoms with van der Waals surface area (Å²) in [5.41, 5.74) is 3.54. The van der Waals surface area contributed by atoms with Crippen molar-refractivity contribution in [2.75, 3.05) is 6.54 Å². The number of hydrogen-bond acceptors (Lipinski definition) is 5. The molecule has 1 aromatic heterocycles. The molecule has 146 valence electrons. The van der Waals surface area contributed by atoms with Gasteiger partial charge in [0.15, 0.2) is 0 Å². The lowest BCUT2D eigenvalue weighted by Crippen LogP contribution is -2.40. The average Bonchev–Trinajstić information content (AvgIpc) is 3.26. The van der Waals surface area contributed by atoms with Gasteiger partial charge in [0.25, 0.3) is 11.8 Å². The van der Waals surface area contributed by atoms with Gasteiger partial charge in [0.2, 0.25) is 5.91 Å². The quantitative estimate of drug-likeness (QED) is 0.576. The third-order valence-electron chi connectivity index (χ3n) is 4.63. The summed E-state index contributed by atoms with van der Waals surface area (Å²) in [6.07, 6.45) is 0. The van der Waals surface area contributed by atoms with Crippen molar-refractivity contribution in [1.29, 1.82) is 0 Å². The van der Waals surface area contributed by atoms with Crippen molar-refractivity contribution in [3.63, 3.8) is 0 Å². The molecule has 3 amide bonds. The Hall–Kier alpha value is -2.84. The second-order valence-corrected chi connectivity index (χ2v) is 8.40. The van der Waals surface area contributed by atoms with Crippen molar-refractivity contribution >= 4 is 45.0 Å². The summed E-state index contributed by atoms with van der Waals surface area (Å²) < 4.78 is 0.705. The van der Waals surface area contributed by atoms with E-state index in [0.29, 0.717) is 15.6 Å². The van der Waals surface area contributed by atoms with Crippen LogP contribution in [0.15, 0.2) is 52.3 Å². The van der Waals surface area contributed by atoms with Crippen LogP contribution < -0.4 is 5.32 Å². The lowest BCUT2D eigenvalue weighted by atomic mass is 10.1. The normalized spacial score (nSPS) is 13.0. The maximum absolute atomic E-state index is 12.5. The van der Waals surface area contributed by atoms with Crippen molar-refractivity contribution in [2.24, 2.45) is 0 Å². The summed E-state index contributed by atoms with van der Waals surface area (Å²) in [5, 5.41) is 5.51. The first-order valence-corrected chi connectivity index (χ1v) is 10.5. The third kappa shape index (κ3) is 3.86. The molecule has 0 bridgehead atoms. The highest BCUT2D eigenvalue weighted by molar-refractivity contribution is 9.10. The maximum atomic E-state index is 12.5. The van der Waals surface area contributed by atoms with Gasteiger partial charge in [-0.3, -0.25) is 19.3 Å². The minimum atomic E-state index is -0.461. The summed E-state index contributed by atoms with van der Waals surface area (Å²) in [6.45, 7) is 1.94. The highest BCUT2D eigenvalue weighted by Gasteiger charge is 2.36. The predicted octanol–water partition coefficient (Wildman–Crippen LogP) is 3.79. The molecule has 4 rings (SSSR count). The highest BCUT2D eigenvalue weighted by Crippen LogP contribution is 2.27. The number of halogens is 1. The lowest BCUT2D eigenvalue weighted by molar-refractivity contribution is -0.121. The molecule has 6 nitrogen and oxygen atoms in total. The number of thiazole rings is 1. The molecule has 29 heavy (non-hydrogen) atoms. The first-order valence-electron chi connectivity index (χ1n) is 8.87. The van der Waals surface area contributed by atoms with Gasteiger partial charge in [-0.25, -0.2) is 4.98 Å². The Morgan fingerprint density at radius 2 is 1.86 bits per heavy atom. The van der Waals surface area contributed by atoms with Crippen molar-refractivity contribution in [2.45, 2.75) is 13.5 Å². The van der Waals surface area contributed by atoms with E-state index in [0.717, 1.165) is 26.7 Å². The van der Waals surface area contributed by atoms with Crippen LogP contribution in [0.1, 0.15) is 32.0 Å². The van der Waals surface area contributed by atoms with Crippen LogP contribution in [-0.4, -0.2) is 34.2 Å². The number of carbonyl (C=O) groups excluding carboxylic acids is 3. The molecule has 2 heterocycles. The van der Waals surface area contributed by atoms with E-state index in [4.69, 9.17) is 0 Å². The SMILES string of the molecule is Cc1ccccc1-c1nc(CNC(=O)CN2C(=O)c3ccc(Br)cc3C2=O)cs1. The Bertz CT molecular complexity index is 1140. The van der Waals surface area contributed by atoms with Gasteiger partial charge in [0, 0.05) is 15.4 Å². The number of benzene rings is 2. The van der Waals surface area contributed by atoms with Crippen molar-refractivity contribution in [1.82, 2.24) is 15.2 Å². The van der Waals surface area contributed by atoms with Crippen LogP contribution >= 0.6 is 27.3 Å². The van der Waals surface area contributed by atoms with Gasteiger partial charge in [-0.05, 0) is 30.7 Å². The zero-order valence-electron chi connectivity index (χ0n) is 15.4. The Morgan fingerprint density at radius 3 is 2.66 bits per heavy atom. The van der Waals surface area contributed by atoms with E-state index in [9.17, 15) is 14.4 Å². The van der Waals surface area contributed by atoms with Gasteiger partial charge in [-0.1, -0.05) is 40.2 Å². The minimum absolute atomic E-state index is 0.232. The molecule has 0 fully saturated rings. The van der Waals surface area contributed by atoms with Crippen LogP contribution in [-0.2, 0) is 11.3 Å². The Labute approximate surface area is 179 Å². The highest BCUT2D eigenvalue weighted by atomic mass is 79.9. The van der Waals surface area contributed by atoms with Crippen molar-refractivity contribution in [3.05, 3.63) is 74.7 Å². The topological polar surface area (TPSA) is 79.4 Å². The second-order valence-electron chi connectivity index (χ2n) is 6.62. The number of aromatic nitrogens is 1. The zero-order valence-corrected chi connectivity index (χ0v) is 17.8. The second kappa shape index (κ2) is 7.88. The summed E-state index contributed by atoms with van der Waals surface area (Å²) in [7, 11) is 0. The van der Waals surface area contributed by atoms with Gasteiger partial charge in [0.1, 0.15) is 11.6 Å². The molecule has 0 spiro atoms. The predicted molar refractivity (Wildman–Crippen MR) is 114 cm³/mol. The number of aryl methyl sites for hydroxylation is 1. The number of amides is 3. The van der Waals surface area contributed by atoms with Crippen molar-refractivity contribution < 1.29 is 14.4 Å². The van der Waals surface area contributed by atoms with E-state index in [-0.39, 0.29) is 13.1 Å². The number of nitrogens with one attached hydrogen (secondary N) is 1. The molecule has 1 N–H and O–H groups in total. The van der Waals surface area contributed by atoms with E-state index < -0.39 is 17.7 Å². The van der Waals surface area contributed by atoms with Gasteiger partial charge >= 0.3 is 0 Å². The van der Waals surface area contributed by atoms with E-state index in [2.05, 4.69) is 26.2 Å². The van der Waals surface area contributed by atoms with Crippen LogP contribution in [0.2, 0.25) is 0 Å². The molecule has 0 aliphatic carbocycles. The average molecular weight is 470 g/mol. The van der Waals surface area contributed by atoms with Crippen LogP contribution in [0.4, 0.5) is 0 Å². The van der Waals surface area contributed by atoms with Gasteiger partial charge < -0.3 is 5.32 Å². The van der Waals surface area contributed by atoms with E-state index in [1.807, 2.05) is 36.6 Å². The molecule has 1 aliphatic rings.